The highest BCUT2D eigenvalue weighted by molar-refractivity contribution is 5.40. The third-order valence-electron chi connectivity index (χ3n) is 4.47. The van der Waals surface area contributed by atoms with E-state index < -0.39 is 0 Å². The van der Waals surface area contributed by atoms with Gasteiger partial charge in [0.1, 0.15) is 5.75 Å². The maximum atomic E-state index is 5.99. The van der Waals surface area contributed by atoms with Gasteiger partial charge in [-0.25, -0.2) is 0 Å². The van der Waals surface area contributed by atoms with Gasteiger partial charge in [0, 0.05) is 19.3 Å². The van der Waals surface area contributed by atoms with Crippen molar-refractivity contribution in [1.29, 1.82) is 0 Å². The van der Waals surface area contributed by atoms with Crippen molar-refractivity contribution in [2.45, 2.75) is 38.6 Å². The van der Waals surface area contributed by atoms with E-state index in [-0.39, 0.29) is 0 Å². The summed E-state index contributed by atoms with van der Waals surface area (Å²) >= 11 is 0. The van der Waals surface area contributed by atoms with E-state index in [1.54, 1.807) is 0 Å². The molecule has 0 aromatic heterocycles. The molecule has 1 aliphatic heterocycles. The van der Waals surface area contributed by atoms with Crippen molar-refractivity contribution < 1.29 is 9.47 Å². The molecule has 3 nitrogen and oxygen atoms in total. The van der Waals surface area contributed by atoms with Gasteiger partial charge >= 0.3 is 0 Å². The van der Waals surface area contributed by atoms with Gasteiger partial charge in [-0.15, -0.1) is 0 Å². The predicted molar refractivity (Wildman–Crippen MR) is 80.2 cm³/mol. The minimum Gasteiger partial charge on any atom is -0.493 e. The van der Waals surface area contributed by atoms with Crippen LogP contribution in [0.3, 0.4) is 0 Å². The zero-order chi connectivity index (χ0) is 13.8. The Morgan fingerprint density at radius 2 is 2.10 bits per heavy atom. The van der Waals surface area contributed by atoms with E-state index in [0.29, 0.717) is 12.0 Å². The fourth-order valence-electron chi connectivity index (χ4n) is 3.27. The van der Waals surface area contributed by atoms with Crippen LogP contribution in [-0.2, 0) is 11.2 Å². The molecular weight excluding hydrogens is 250 g/mol. The molecule has 0 bridgehead atoms. The first kappa shape index (κ1) is 13.9. The maximum Gasteiger partial charge on any atom is 0.119 e. The molecule has 1 heterocycles. The van der Waals surface area contributed by atoms with Gasteiger partial charge < -0.3 is 14.8 Å². The fraction of sp³-hybridized carbons (Fsp3) is 0.647. The molecule has 20 heavy (non-hydrogen) atoms. The van der Waals surface area contributed by atoms with Crippen molar-refractivity contribution in [3.05, 3.63) is 29.3 Å². The van der Waals surface area contributed by atoms with Gasteiger partial charge in [0.05, 0.1) is 6.61 Å². The Hall–Kier alpha value is -1.06. The lowest BCUT2D eigenvalue weighted by atomic mass is 10.0. The molecule has 1 aromatic carbocycles. The Morgan fingerprint density at radius 3 is 2.90 bits per heavy atom. The Labute approximate surface area is 121 Å². The quantitative estimate of drug-likeness (QED) is 0.895. The summed E-state index contributed by atoms with van der Waals surface area (Å²) in [4.78, 5) is 0. The number of nitrogens with one attached hydrogen (secondary N) is 1. The monoisotopic (exact) mass is 275 g/mol. The van der Waals surface area contributed by atoms with E-state index in [1.165, 1.54) is 24.0 Å². The smallest absolute Gasteiger partial charge is 0.119 e. The molecule has 2 aliphatic rings. The average Bonchev–Trinajstić information content (AvgIpc) is 2.89. The van der Waals surface area contributed by atoms with E-state index in [1.807, 2.05) is 0 Å². The minimum atomic E-state index is 0.541. The molecule has 0 radical (unpaired) electrons. The van der Waals surface area contributed by atoms with E-state index in [9.17, 15) is 0 Å². The highest BCUT2D eigenvalue weighted by atomic mass is 16.5. The van der Waals surface area contributed by atoms with Crippen molar-refractivity contribution in [3.63, 3.8) is 0 Å². The van der Waals surface area contributed by atoms with Crippen LogP contribution in [0.5, 0.6) is 5.75 Å². The summed E-state index contributed by atoms with van der Waals surface area (Å²) in [6.45, 7) is 5.82. The van der Waals surface area contributed by atoms with Crippen molar-refractivity contribution in [2.75, 3.05) is 26.4 Å². The molecule has 1 fully saturated rings. The first-order valence-corrected chi connectivity index (χ1v) is 7.93. The van der Waals surface area contributed by atoms with Crippen molar-refractivity contribution in [1.82, 2.24) is 5.32 Å². The summed E-state index contributed by atoms with van der Waals surface area (Å²) in [7, 11) is 0. The van der Waals surface area contributed by atoms with Crippen LogP contribution in [0.1, 0.15) is 43.4 Å². The predicted octanol–water partition coefficient (Wildman–Crippen LogP) is 3.09. The van der Waals surface area contributed by atoms with Gasteiger partial charge in [-0.2, -0.15) is 0 Å². The van der Waals surface area contributed by atoms with Crippen LogP contribution in [-0.4, -0.2) is 26.4 Å². The Balaban J connectivity index is 1.58. The summed E-state index contributed by atoms with van der Waals surface area (Å²) in [5.41, 5.74) is 2.92. The van der Waals surface area contributed by atoms with Gasteiger partial charge in [-0.3, -0.25) is 0 Å². The number of fused-ring (bicyclic) bond motifs is 1. The lowest BCUT2D eigenvalue weighted by Crippen LogP contribution is -2.21. The first-order chi connectivity index (χ1) is 9.86. The highest BCUT2D eigenvalue weighted by Crippen LogP contribution is 2.33. The molecule has 1 N–H and O–H groups in total. The Kier molecular flexibility index (Phi) is 4.58. The summed E-state index contributed by atoms with van der Waals surface area (Å²) in [5, 5.41) is 3.55. The molecule has 1 aromatic rings. The second-order valence-electron chi connectivity index (χ2n) is 5.88. The van der Waals surface area contributed by atoms with Crippen LogP contribution < -0.4 is 10.1 Å². The average molecular weight is 275 g/mol. The Bertz CT molecular complexity index is 441. The maximum absolute atomic E-state index is 5.99. The van der Waals surface area contributed by atoms with Crippen LogP contribution in [0.15, 0.2) is 18.2 Å². The number of benzene rings is 1. The molecule has 1 unspecified atom stereocenters. The molecule has 3 heteroatoms. The van der Waals surface area contributed by atoms with Gasteiger partial charge in [-0.1, -0.05) is 13.0 Å². The summed E-state index contributed by atoms with van der Waals surface area (Å²) in [6, 6.07) is 7.16. The summed E-state index contributed by atoms with van der Waals surface area (Å²) in [6.07, 6.45) is 4.65. The second kappa shape index (κ2) is 6.59. The Morgan fingerprint density at radius 1 is 1.25 bits per heavy atom. The fourth-order valence-corrected chi connectivity index (χ4v) is 3.27. The lowest BCUT2D eigenvalue weighted by molar-refractivity contribution is 0.0497. The van der Waals surface area contributed by atoms with Crippen LogP contribution in [0, 0.1) is 5.92 Å². The van der Waals surface area contributed by atoms with Crippen molar-refractivity contribution in [2.24, 2.45) is 5.92 Å². The SMILES string of the molecule is CCNC1CCc2cc(OCC3CCOCC3)ccc21. The van der Waals surface area contributed by atoms with Crippen molar-refractivity contribution >= 4 is 0 Å². The van der Waals surface area contributed by atoms with E-state index in [2.05, 4.69) is 30.4 Å². The third-order valence-corrected chi connectivity index (χ3v) is 4.47. The second-order valence-corrected chi connectivity index (χ2v) is 5.88. The van der Waals surface area contributed by atoms with E-state index in [4.69, 9.17) is 9.47 Å². The number of rotatable bonds is 5. The number of aryl methyl sites for hydroxylation is 1. The van der Waals surface area contributed by atoms with Crippen LogP contribution in [0.25, 0.3) is 0 Å². The van der Waals surface area contributed by atoms with E-state index >= 15 is 0 Å². The van der Waals surface area contributed by atoms with Crippen LogP contribution in [0.2, 0.25) is 0 Å². The molecule has 0 spiro atoms. The molecular formula is C17H25NO2. The number of ether oxygens (including phenoxy) is 2. The number of hydrogen-bond donors (Lipinski definition) is 1. The van der Waals surface area contributed by atoms with Gasteiger partial charge in [0.2, 0.25) is 0 Å². The first-order valence-electron chi connectivity index (χ1n) is 7.93. The molecule has 110 valence electrons. The summed E-state index contributed by atoms with van der Waals surface area (Å²) in [5.74, 6) is 1.69. The van der Waals surface area contributed by atoms with Crippen LogP contribution >= 0.6 is 0 Å². The molecule has 1 atom stereocenters. The van der Waals surface area contributed by atoms with Gasteiger partial charge in [0.25, 0.3) is 0 Å². The third kappa shape index (κ3) is 3.15. The molecule has 1 saturated heterocycles. The molecule has 0 saturated carbocycles. The molecule has 0 amide bonds. The molecule has 3 rings (SSSR count). The minimum absolute atomic E-state index is 0.541. The lowest BCUT2D eigenvalue weighted by Gasteiger charge is -2.22. The molecule has 1 aliphatic carbocycles. The summed E-state index contributed by atoms with van der Waals surface area (Å²) < 4.78 is 11.4. The van der Waals surface area contributed by atoms with Crippen molar-refractivity contribution in [3.8, 4) is 5.75 Å². The standard InChI is InChI=1S/C17H25NO2/c1-2-18-17-6-3-14-11-15(4-5-16(14)17)20-12-13-7-9-19-10-8-13/h4-5,11,13,17-18H,2-3,6-10,12H2,1H3. The largest absolute Gasteiger partial charge is 0.493 e. The van der Waals surface area contributed by atoms with E-state index in [0.717, 1.165) is 45.0 Å². The van der Waals surface area contributed by atoms with Gasteiger partial charge in [-0.05, 0) is 61.4 Å². The van der Waals surface area contributed by atoms with Gasteiger partial charge in [0.15, 0.2) is 0 Å². The number of hydrogen-bond acceptors (Lipinski definition) is 3. The normalized spacial score (nSPS) is 22.8. The van der Waals surface area contributed by atoms with Crippen LogP contribution in [0.4, 0.5) is 0 Å². The topological polar surface area (TPSA) is 30.5 Å². The zero-order valence-electron chi connectivity index (χ0n) is 12.4. The zero-order valence-corrected chi connectivity index (χ0v) is 12.4. The highest BCUT2D eigenvalue weighted by Gasteiger charge is 2.22.